The maximum Gasteiger partial charge on any atom is 0.130 e. The average Bonchev–Trinajstić information content (AvgIpc) is 2.47. The highest BCUT2D eigenvalue weighted by atomic mass is 79.9. The number of hydrogen-bond donors (Lipinski definition) is 0. The van der Waals surface area contributed by atoms with Crippen molar-refractivity contribution >= 4 is 26.8 Å². The molecule has 1 aromatic heterocycles. The average molecular weight is 241 g/mol. The number of aromatic nitrogens is 2. The van der Waals surface area contributed by atoms with Gasteiger partial charge in [-0.2, -0.15) is 5.10 Å². The molecule has 68 valence electrons. The van der Waals surface area contributed by atoms with Crippen LogP contribution in [0.4, 0.5) is 0 Å². The van der Waals surface area contributed by atoms with Gasteiger partial charge < -0.3 is 4.74 Å². The van der Waals surface area contributed by atoms with E-state index in [1.807, 2.05) is 23.9 Å². The van der Waals surface area contributed by atoms with Crippen LogP contribution < -0.4 is 4.74 Å². The first-order chi connectivity index (χ1) is 6.22. The molecule has 0 bridgehead atoms. The molecule has 3 nitrogen and oxygen atoms in total. The lowest BCUT2D eigenvalue weighted by Gasteiger charge is -2.02. The number of fused-ring (bicyclic) bond motifs is 1. The number of benzene rings is 1. The Bertz CT molecular complexity index is 450. The molecule has 0 aliphatic heterocycles. The molecule has 1 heterocycles. The van der Waals surface area contributed by atoms with Crippen molar-refractivity contribution in [3.8, 4) is 5.75 Å². The molecule has 0 aliphatic rings. The summed E-state index contributed by atoms with van der Waals surface area (Å²) in [7, 11) is 3.57. The second kappa shape index (κ2) is 3.03. The summed E-state index contributed by atoms with van der Waals surface area (Å²) in [5, 5.41) is 5.20. The first kappa shape index (κ1) is 8.56. The Hall–Kier alpha value is -1.03. The van der Waals surface area contributed by atoms with Gasteiger partial charge in [-0.25, -0.2) is 0 Å². The van der Waals surface area contributed by atoms with Gasteiger partial charge in [-0.05, 0) is 12.1 Å². The number of hydrogen-bond acceptors (Lipinski definition) is 2. The summed E-state index contributed by atoms with van der Waals surface area (Å²) in [4.78, 5) is 0. The number of rotatable bonds is 1. The highest BCUT2D eigenvalue weighted by molar-refractivity contribution is 9.10. The zero-order valence-corrected chi connectivity index (χ0v) is 9.00. The summed E-state index contributed by atoms with van der Waals surface area (Å²) in [6, 6.07) is 3.95. The van der Waals surface area contributed by atoms with Crippen LogP contribution in [0.1, 0.15) is 0 Å². The van der Waals surface area contributed by atoms with E-state index in [0.29, 0.717) is 0 Å². The largest absolute Gasteiger partial charge is 0.496 e. The van der Waals surface area contributed by atoms with Crippen LogP contribution in [0.2, 0.25) is 0 Å². The van der Waals surface area contributed by atoms with Crippen LogP contribution in [0.3, 0.4) is 0 Å². The second-order valence-corrected chi connectivity index (χ2v) is 3.72. The first-order valence-corrected chi connectivity index (χ1v) is 4.67. The van der Waals surface area contributed by atoms with Gasteiger partial charge in [0, 0.05) is 11.5 Å². The highest BCUT2D eigenvalue weighted by Crippen LogP contribution is 2.29. The van der Waals surface area contributed by atoms with E-state index in [2.05, 4.69) is 21.0 Å². The van der Waals surface area contributed by atoms with E-state index in [1.54, 1.807) is 13.3 Å². The lowest BCUT2D eigenvalue weighted by atomic mass is 10.2. The van der Waals surface area contributed by atoms with Gasteiger partial charge >= 0.3 is 0 Å². The number of halogens is 1. The minimum absolute atomic E-state index is 0.845. The molecule has 0 atom stereocenters. The molecule has 0 amide bonds. The molecule has 0 unspecified atom stereocenters. The SMILES string of the molecule is COc1cc(Br)cc2c1cnn2C. The lowest BCUT2D eigenvalue weighted by molar-refractivity contribution is 0.419. The van der Waals surface area contributed by atoms with Crippen LogP contribution in [-0.2, 0) is 7.05 Å². The van der Waals surface area contributed by atoms with Crippen LogP contribution in [0, 0.1) is 0 Å². The Morgan fingerprint density at radius 3 is 2.92 bits per heavy atom. The number of ether oxygens (including phenoxy) is 1. The van der Waals surface area contributed by atoms with Crippen LogP contribution in [0.25, 0.3) is 10.9 Å². The molecular formula is C9H9BrN2O. The van der Waals surface area contributed by atoms with Crippen LogP contribution in [0.15, 0.2) is 22.8 Å². The van der Waals surface area contributed by atoms with Crippen molar-refractivity contribution in [3.63, 3.8) is 0 Å². The normalized spacial score (nSPS) is 10.7. The van der Waals surface area contributed by atoms with E-state index >= 15 is 0 Å². The molecule has 13 heavy (non-hydrogen) atoms. The number of aryl methyl sites for hydroxylation is 1. The van der Waals surface area contributed by atoms with Gasteiger partial charge in [0.15, 0.2) is 0 Å². The zero-order valence-electron chi connectivity index (χ0n) is 7.41. The quantitative estimate of drug-likeness (QED) is 0.766. The van der Waals surface area contributed by atoms with Gasteiger partial charge in [0.2, 0.25) is 0 Å². The van der Waals surface area contributed by atoms with E-state index in [-0.39, 0.29) is 0 Å². The molecule has 0 saturated heterocycles. The van der Waals surface area contributed by atoms with E-state index in [1.165, 1.54) is 0 Å². The molecule has 2 rings (SSSR count). The van der Waals surface area contributed by atoms with E-state index < -0.39 is 0 Å². The molecule has 0 aliphatic carbocycles. The Balaban J connectivity index is 2.84. The van der Waals surface area contributed by atoms with Crippen molar-refractivity contribution in [1.82, 2.24) is 9.78 Å². The molecule has 4 heteroatoms. The molecular weight excluding hydrogens is 232 g/mol. The standard InChI is InChI=1S/C9H9BrN2O/c1-12-8-3-6(10)4-9(13-2)7(8)5-11-12/h3-5H,1-2H3. The third-order valence-corrected chi connectivity index (χ3v) is 2.47. The molecule has 0 fully saturated rings. The fourth-order valence-electron chi connectivity index (χ4n) is 1.35. The maximum atomic E-state index is 5.24. The monoisotopic (exact) mass is 240 g/mol. The van der Waals surface area contributed by atoms with Crippen molar-refractivity contribution in [1.29, 1.82) is 0 Å². The fourth-order valence-corrected chi connectivity index (χ4v) is 1.78. The van der Waals surface area contributed by atoms with Gasteiger partial charge in [-0.1, -0.05) is 15.9 Å². The molecule has 0 saturated carbocycles. The molecule has 0 N–H and O–H groups in total. The molecule has 1 aromatic carbocycles. The smallest absolute Gasteiger partial charge is 0.130 e. The Labute approximate surface area is 84.4 Å². The van der Waals surface area contributed by atoms with Crippen molar-refractivity contribution in [2.24, 2.45) is 7.05 Å². The lowest BCUT2D eigenvalue weighted by Crippen LogP contribution is -1.89. The predicted molar refractivity (Wildman–Crippen MR) is 55.0 cm³/mol. The van der Waals surface area contributed by atoms with E-state index in [9.17, 15) is 0 Å². The van der Waals surface area contributed by atoms with Crippen molar-refractivity contribution in [2.45, 2.75) is 0 Å². The summed E-state index contributed by atoms with van der Waals surface area (Å²) in [6.07, 6.45) is 1.81. The van der Waals surface area contributed by atoms with Crippen molar-refractivity contribution in [2.75, 3.05) is 7.11 Å². The number of methoxy groups -OCH3 is 1. The Kier molecular flexibility index (Phi) is 2.00. The van der Waals surface area contributed by atoms with Crippen molar-refractivity contribution in [3.05, 3.63) is 22.8 Å². The Morgan fingerprint density at radius 1 is 1.46 bits per heavy atom. The number of nitrogens with zero attached hydrogens (tertiary/aromatic N) is 2. The Morgan fingerprint density at radius 2 is 2.23 bits per heavy atom. The van der Waals surface area contributed by atoms with E-state index in [4.69, 9.17) is 4.74 Å². The topological polar surface area (TPSA) is 27.1 Å². The predicted octanol–water partition coefficient (Wildman–Crippen LogP) is 2.34. The highest BCUT2D eigenvalue weighted by Gasteiger charge is 2.06. The summed E-state index contributed by atoms with van der Waals surface area (Å²) >= 11 is 3.42. The van der Waals surface area contributed by atoms with Gasteiger partial charge in [0.25, 0.3) is 0 Å². The molecule has 2 aromatic rings. The first-order valence-electron chi connectivity index (χ1n) is 3.87. The summed E-state index contributed by atoms with van der Waals surface area (Å²) in [5.41, 5.74) is 1.06. The van der Waals surface area contributed by atoms with Gasteiger partial charge in [0.05, 0.1) is 24.2 Å². The summed E-state index contributed by atoms with van der Waals surface area (Å²) in [6.45, 7) is 0. The third-order valence-electron chi connectivity index (χ3n) is 2.01. The summed E-state index contributed by atoms with van der Waals surface area (Å²) in [5.74, 6) is 0.845. The zero-order chi connectivity index (χ0) is 9.42. The maximum absolute atomic E-state index is 5.24. The van der Waals surface area contributed by atoms with Crippen LogP contribution in [0.5, 0.6) is 5.75 Å². The van der Waals surface area contributed by atoms with Crippen LogP contribution >= 0.6 is 15.9 Å². The molecule has 0 spiro atoms. The fraction of sp³-hybridized carbons (Fsp3) is 0.222. The van der Waals surface area contributed by atoms with Gasteiger partial charge in [0.1, 0.15) is 5.75 Å². The molecule has 0 radical (unpaired) electrons. The minimum atomic E-state index is 0.845. The summed E-state index contributed by atoms with van der Waals surface area (Å²) < 4.78 is 8.06. The van der Waals surface area contributed by atoms with Gasteiger partial charge in [-0.3, -0.25) is 4.68 Å². The van der Waals surface area contributed by atoms with Gasteiger partial charge in [-0.15, -0.1) is 0 Å². The second-order valence-electron chi connectivity index (χ2n) is 2.81. The van der Waals surface area contributed by atoms with Crippen molar-refractivity contribution < 1.29 is 4.74 Å². The third kappa shape index (κ3) is 1.31. The van der Waals surface area contributed by atoms with E-state index in [0.717, 1.165) is 21.1 Å². The van der Waals surface area contributed by atoms with Crippen LogP contribution in [-0.4, -0.2) is 16.9 Å². The minimum Gasteiger partial charge on any atom is -0.496 e.